The van der Waals surface area contributed by atoms with Crippen LogP contribution in [0, 0.1) is 6.92 Å². The van der Waals surface area contributed by atoms with Crippen LogP contribution >= 0.6 is 0 Å². The van der Waals surface area contributed by atoms with E-state index in [2.05, 4.69) is 10.3 Å². The summed E-state index contributed by atoms with van der Waals surface area (Å²) in [6, 6.07) is 17.9. The third-order valence-electron chi connectivity index (χ3n) is 4.12. The summed E-state index contributed by atoms with van der Waals surface area (Å²) in [7, 11) is 1.79. The molecule has 0 aliphatic carbocycles. The van der Waals surface area contributed by atoms with Gasteiger partial charge in [0.25, 0.3) is 0 Å². The van der Waals surface area contributed by atoms with E-state index >= 15 is 0 Å². The predicted molar refractivity (Wildman–Crippen MR) is 102 cm³/mol. The Bertz CT molecular complexity index is 841. The van der Waals surface area contributed by atoms with Crippen molar-refractivity contribution in [3.63, 3.8) is 0 Å². The lowest BCUT2D eigenvalue weighted by Crippen LogP contribution is -2.37. The number of nitrogens with zero attached hydrogens (tertiary/aromatic N) is 2. The summed E-state index contributed by atoms with van der Waals surface area (Å²) in [6.45, 7) is 3.13. The molecule has 3 aromatic rings. The number of rotatable bonds is 6. The van der Waals surface area contributed by atoms with Gasteiger partial charge in [0.15, 0.2) is 0 Å². The van der Waals surface area contributed by atoms with E-state index in [1.165, 1.54) is 5.56 Å². The Kier molecular flexibility index (Phi) is 5.69. The Labute approximate surface area is 153 Å². The molecule has 0 bridgehead atoms. The molecule has 1 heterocycles. The zero-order valence-electron chi connectivity index (χ0n) is 15.1. The molecular weight excluding hydrogens is 326 g/mol. The van der Waals surface area contributed by atoms with Crippen molar-refractivity contribution in [2.24, 2.45) is 0 Å². The molecule has 0 aliphatic rings. The molecule has 3 rings (SSSR count). The second-order valence-corrected chi connectivity index (χ2v) is 6.33. The molecule has 0 unspecified atom stereocenters. The standard InChI is InChI=1S/C21H23N3O2/c1-16-8-10-18(11-9-16)20-23-19(15-26-20)12-13-22-21(25)24(2)14-17-6-4-3-5-7-17/h3-11,15H,12-14H2,1-2H3,(H,22,25). The molecule has 0 atom stereocenters. The fourth-order valence-corrected chi connectivity index (χ4v) is 2.61. The van der Waals surface area contributed by atoms with Gasteiger partial charge in [0.05, 0.1) is 5.69 Å². The number of benzene rings is 2. The summed E-state index contributed by atoms with van der Waals surface area (Å²) in [5.41, 5.74) is 4.08. The molecule has 0 aliphatic heterocycles. The lowest BCUT2D eigenvalue weighted by atomic mass is 10.1. The molecule has 26 heavy (non-hydrogen) atoms. The fourth-order valence-electron chi connectivity index (χ4n) is 2.61. The number of hydrogen-bond donors (Lipinski definition) is 1. The SMILES string of the molecule is Cc1ccc(-c2nc(CCNC(=O)N(C)Cc3ccccc3)co2)cc1. The van der Waals surface area contributed by atoms with Crippen molar-refractivity contribution < 1.29 is 9.21 Å². The van der Waals surface area contributed by atoms with Gasteiger partial charge in [-0.05, 0) is 24.6 Å². The first-order chi connectivity index (χ1) is 12.6. The molecule has 5 heteroatoms. The highest BCUT2D eigenvalue weighted by Gasteiger charge is 2.10. The molecule has 2 amide bonds. The number of aryl methyl sites for hydroxylation is 1. The summed E-state index contributed by atoms with van der Waals surface area (Å²) in [5.74, 6) is 0.604. The summed E-state index contributed by atoms with van der Waals surface area (Å²) in [5, 5.41) is 2.91. The number of oxazole rings is 1. The molecule has 134 valence electrons. The quantitative estimate of drug-likeness (QED) is 0.731. The Morgan fingerprint density at radius 1 is 1.12 bits per heavy atom. The zero-order valence-corrected chi connectivity index (χ0v) is 15.1. The van der Waals surface area contributed by atoms with Crippen LogP contribution in [0.25, 0.3) is 11.5 Å². The molecule has 0 spiro atoms. The lowest BCUT2D eigenvalue weighted by Gasteiger charge is -2.17. The Morgan fingerprint density at radius 2 is 1.85 bits per heavy atom. The van der Waals surface area contributed by atoms with Crippen LogP contribution in [0.5, 0.6) is 0 Å². The van der Waals surface area contributed by atoms with Gasteiger partial charge in [0.2, 0.25) is 5.89 Å². The smallest absolute Gasteiger partial charge is 0.317 e. The Balaban J connectivity index is 1.47. The second-order valence-electron chi connectivity index (χ2n) is 6.33. The molecular formula is C21H23N3O2. The Morgan fingerprint density at radius 3 is 2.58 bits per heavy atom. The van der Waals surface area contributed by atoms with Crippen LogP contribution in [0.2, 0.25) is 0 Å². The molecule has 2 aromatic carbocycles. The molecule has 0 saturated carbocycles. The van der Waals surface area contributed by atoms with Crippen LogP contribution in [0.3, 0.4) is 0 Å². The van der Waals surface area contributed by atoms with Crippen molar-refractivity contribution in [3.8, 4) is 11.5 Å². The third kappa shape index (κ3) is 4.72. The molecule has 0 fully saturated rings. The number of carbonyl (C=O) groups is 1. The number of aromatic nitrogens is 1. The number of amides is 2. The van der Waals surface area contributed by atoms with Gasteiger partial charge in [-0.3, -0.25) is 0 Å². The number of hydrogen-bond acceptors (Lipinski definition) is 3. The van der Waals surface area contributed by atoms with Crippen LogP contribution < -0.4 is 5.32 Å². The van der Waals surface area contributed by atoms with Gasteiger partial charge in [-0.25, -0.2) is 9.78 Å². The summed E-state index contributed by atoms with van der Waals surface area (Å²) in [4.78, 5) is 18.3. The monoisotopic (exact) mass is 349 g/mol. The number of carbonyl (C=O) groups excluding carboxylic acids is 1. The third-order valence-corrected chi connectivity index (χ3v) is 4.12. The minimum absolute atomic E-state index is 0.101. The van der Waals surface area contributed by atoms with Gasteiger partial charge in [-0.15, -0.1) is 0 Å². The molecule has 5 nitrogen and oxygen atoms in total. The lowest BCUT2D eigenvalue weighted by molar-refractivity contribution is 0.207. The van der Waals surface area contributed by atoms with Crippen LogP contribution in [0.1, 0.15) is 16.8 Å². The number of urea groups is 1. The zero-order chi connectivity index (χ0) is 18.4. The highest BCUT2D eigenvalue weighted by Crippen LogP contribution is 2.19. The minimum atomic E-state index is -0.101. The van der Waals surface area contributed by atoms with Crippen molar-refractivity contribution in [2.75, 3.05) is 13.6 Å². The van der Waals surface area contributed by atoms with E-state index in [9.17, 15) is 4.79 Å². The fraction of sp³-hybridized carbons (Fsp3) is 0.238. The highest BCUT2D eigenvalue weighted by molar-refractivity contribution is 5.73. The molecule has 0 saturated heterocycles. The maximum absolute atomic E-state index is 12.2. The average molecular weight is 349 g/mol. The minimum Gasteiger partial charge on any atom is -0.444 e. The topological polar surface area (TPSA) is 58.4 Å². The number of nitrogens with one attached hydrogen (secondary N) is 1. The summed E-state index contributed by atoms with van der Waals surface area (Å²) >= 11 is 0. The summed E-state index contributed by atoms with van der Waals surface area (Å²) < 4.78 is 5.54. The first-order valence-electron chi connectivity index (χ1n) is 8.66. The van der Waals surface area contributed by atoms with E-state index < -0.39 is 0 Å². The normalized spacial score (nSPS) is 10.5. The van der Waals surface area contributed by atoms with Gasteiger partial charge in [0, 0.05) is 32.1 Å². The largest absolute Gasteiger partial charge is 0.444 e. The summed E-state index contributed by atoms with van der Waals surface area (Å²) in [6.07, 6.45) is 2.27. The van der Waals surface area contributed by atoms with Crippen molar-refractivity contribution in [3.05, 3.63) is 77.7 Å². The van der Waals surface area contributed by atoms with E-state index in [4.69, 9.17) is 4.42 Å². The molecule has 0 radical (unpaired) electrons. The molecule has 1 aromatic heterocycles. The van der Waals surface area contributed by atoms with Crippen LogP contribution in [0.4, 0.5) is 4.79 Å². The second kappa shape index (κ2) is 8.34. The van der Waals surface area contributed by atoms with Crippen molar-refractivity contribution in [1.82, 2.24) is 15.2 Å². The van der Waals surface area contributed by atoms with Crippen LogP contribution in [-0.4, -0.2) is 29.5 Å². The van der Waals surface area contributed by atoms with E-state index in [1.54, 1.807) is 18.2 Å². The van der Waals surface area contributed by atoms with Gasteiger partial charge in [-0.1, -0.05) is 48.0 Å². The van der Waals surface area contributed by atoms with Gasteiger partial charge in [0.1, 0.15) is 6.26 Å². The first kappa shape index (κ1) is 17.7. The van der Waals surface area contributed by atoms with Gasteiger partial charge in [-0.2, -0.15) is 0 Å². The van der Waals surface area contributed by atoms with Gasteiger partial charge < -0.3 is 14.6 Å². The van der Waals surface area contributed by atoms with Crippen molar-refractivity contribution in [1.29, 1.82) is 0 Å². The van der Waals surface area contributed by atoms with E-state index in [0.29, 0.717) is 25.4 Å². The van der Waals surface area contributed by atoms with Crippen molar-refractivity contribution >= 4 is 6.03 Å². The maximum Gasteiger partial charge on any atom is 0.317 e. The molecule has 1 N–H and O–H groups in total. The van der Waals surface area contributed by atoms with Crippen LogP contribution in [-0.2, 0) is 13.0 Å². The van der Waals surface area contributed by atoms with Crippen molar-refractivity contribution in [2.45, 2.75) is 19.9 Å². The van der Waals surface area contributed by atoms with Gasteiger partial charge >= 0.3 is 6.03 Å². The average Bonchev–Trinajstić information content (AvgIpc) is 3.12. The van der Waals surface area contributed by atoms with Crippen LogP contribution in [0.15, 0.2) is 65.3 Å². The van der Waals surface area contributed by atoms with E-state index in [-0.39, 0.29) is 6.03 Å². The first-order valence-corrected chi connectivity index (χ1v) is 8.66. The van der Waals surface area contributed by atoms with E-state index in [0.717, 1.165) is 16.8 Å². The maximum atomic E-state index is 12.2. The predicted octanol–water partition coefficient (Wildman–Crippen LogP) is 4.03. The Hall–Kier alpha value is -3.08. The van der Waals surface area contributed by atoms with E-state index in [1.807, 2.05) is 61.5 Å². The highest BCUT2D eigenvalue weighted by atomic mass is 16.3.